The Morgan fingerprint density at radius 3 is 1.71 bits per heavy atom. The summed E-state index contributed by atoms with van der Waals surface area (Å²) in [6.07, 6.45) is 2.61. The van der Waals surface area contributed by atoms with Crippen LogP contribution < -0.4 is 0 Å². The van der Waals surface area contributed by atoms with E-state index in [4.69, 9.17) is 22.9 Å². The number of phenolic OH excluding ortho intramolecular Hbond substituents is 1. The molecule has 0 radical (unpaired) electrons. The maximum atomic E-state index is 12.4. The third-order valence-corrected chi connectivity index (χ3v) is 7.98. The number of carbonyl (C=O) groups excluding carboxylic acids is 3. The first-order valence-corrected chi connectivity index (χ1v) is 21.3. The standard InChI is InChI=1S/C18H32I2O6S2.C6H5NO3.C3H6O2.C2H6/c1-6-12(5)13(11-16(26-28-20)15(7-2)25-27-19)10-14(17(21)23-8-3)18(22)24-9-4;8-6-3-1-5(2-4-6)7(9)10;1-2-5-3-4;1-2/h12-16H,6-11H2,1-5H3;1-4,8H;3H,2H2,1H3;1-2H3. The number of nitrogens with zero attached hydrogens (tertiary/aromatic N) is 1. The van der Waals surface area contributed by atoms with Gasteiger partial charge in [-0.05, 0) is 64.0 Å². The number of nitro groups is 1. The molecule has 0 aliphatic carbocycles. The predicted molar refractivity (Wildman–Crippen MR) is 196 cm³/mol. The van der Waals surface area contributed by atoms with Gasteiger partial charge < -0.3 is 19.3 Å². The molecule has 0 aromatic heterocycles. The van der Waals surface area contributed by atoms with Gasteiger partial charge >= 0.3 is 11.9 Å². The van der Waals surface area contributed by atoms with Gasteiger partial charge in [0.25, 0.3) is 12.2 Å². The fraction of sp³-hybridized carbons (Fsp3) is 0.690. The number of nitro benzene ring substituents is 1. The summed E-state index contributed by atoms with van der Waals surface area (Å²) in [4.78, 5) is 43.5. The van der Waals surface area contributed by atoms with Crippen molar-refractivity contribution in [2.24, 2.45) is 17.8 Å². The zero-order valence-electron chi connectivity index (χ0n) is 27.3. The predicted octanol–water partition coefficient (Wildman–Crippen LogP) is 8.85. The van der Waals surface area contributed by atoms with Crippen molar-refractivity contribution in [3.63, 3.8) is 0 Å². The number of benzene rings is 1. The van der Waals surface area contributed by atoms with Crippen molar-refractivity contribution < 1.29 is 47.0 Å². The number of esters is 2. The van der Waals surface area contributed by atoms with Crippen LogP contribution >= 0.6 is 60.8 Å². The van der Waals surface area contributed by atoms with Crippen molar-refractivity contribution >= 4 is 84.9 Å². The number of phenols is 1. The van der Waals surface area contributed by atoms with Gasteiger partial charge in [-0.25, -0.2) is 0 Å². The zero-order chi connectivity index (χ0) is 35.2. The minimum Gasteiger partial charge on any atom is -0.508 e. The van der Waals surface area contributed by atoms with Crippen molar-refractivity contribution in [1.82, 2.24) is 0 Å². The summed E-state index contributed by atoms with van der Waals surface area (Å²) < 4.78 is 26.1. The van der Waals surface area contributed by atoms with Gasteiger partial charge in [0.15, 0.2) is 5.92 Å². The Hall–Kier alpha value is -1.09. The van der Waals surface area contributed by atoms with E-state index in [9.17, 15) is 24.5 Å². The Labute approximate surface area is 300 Å². The van der Waals surface area contributed by atoms with Crippen LogP contribution in [0.1, 0.15) is 81.1 Å². The molecule has 12 nitrogen and oxygen atoms in total. The Balaban J connectivity index is -0.000000839. The summed E-state index contributed by atoms with van der Waals surface area (Å²) in [5, 5.41) is 18.8. The van der Waals surface area contributed by atoms with E-state index in [1.165, 1.54) is 42.7 Å². The first kappa shape index (κ1) is 48.3. The van der Waals surface area contributed by atoms with Crippen LogP contribution in [0.5, 0.6) is 5.75 Å². The maximum Gasteiger partial charge on any atom is 0.320 e. The second-order valence-corrected chi connectivity index (χ2v) is 11.6. The van der Waals surface area contributed by atoms with Crippen molar-refractivity contribution in [1.29, 1.82) is 0 Å². The van der Waals surface area contributed by atoms with Crippen LogP contribution in [0, 0.1) is 27.9 Å². The largest absolute Gasteiger partial charge is 0.508 e. The second kappa shape index (κ2) is 32.8. The molecule has 16 heteroatoms. The van der Waals surface area contributed by atoms with Gasteiger partial charge in [-0.2, -0.15) is 0 Å². The highest BCUT2D eigenvalue weighted by Gasteiger charge is 2.36. The Bertz CT molecular complexity index is 883. The van der Waals surface area contributed by atoms with Gasteiger partial charge in [0.1, 0.15) is 18.0 Å². The van der Waals surface area contributed by atoms with Crippen LogP contribution in [-0.4, -0.2) is 60.5 Å². The summed E-state index contributed by atoms with van der Waals surface area (Å²) in [5.74, 6) is -1.50. The highest BCUT2D eigenvalue weighted by molar-refractivity contribution is 14.2. The average Bonchev–Trinajstić information content (AvgIpc) is 3.03. The molecule has 1 N–H and O–H groups in total. The molecule has 0 spiro atoms. The van der Waals surface area contributed by atoms with Crippen molar-refractivity contribution in [2.75, 3.05) is 19.8 Å². The average molecular weight is 906 g/mol. The molecule has 0 aliphatic heterocycles. The molecule has 0 bridgehead atoms. The number of carbonyl (C=O) groups is 3. The Kier molecular flexibility index (Phi) is 35.2. The zero-order valence-corrected chi connectivity index (χ0v) is 33.2. The SMILES string of the molecule is CC.CCOC(=O)C(CC(CC(OSI)C(CC)OSI)C(C)CC)C(=O)OCC.CCOC=O.O=[N+]([O-])c1ccc(O)cc1. The van der Waals surface area contributed by atoms with Gasteiger partial charge in [-0.15, -0.1) is 0 Å². The fourth-order valence-corrected chi connectivity index (χ4v) is 5.90. The molecule has 0 saturated carbocycles. The summed E-state index contributed by atoms with van der Waals surface area (Å²) in [6.45, 7) is 16.9. The van der Waals surface area contributed by atoms with Crippen molar-refractivity contribution in [3.05, 3.63) is 34.4 Å². The highest BCUT2D eigenvalue weighted by atomic mass is 127. The second-order valence-electron chi connectivity index (χ2n) is 8.80. The highest BCUT2D eigenvalue weighted by Crippen LogP contribution is 2.35. The summed E-state index contributed by atoms with van der Waals surface area (Å²) in [7, 11) is 2.58. The summed E-state index contributed by atoms with van der Waals surface area (Å²) in [6, 6.07) is 5.04. The van der Waals surface area contributed by atoms with Gasteiger partial charge in [-0.1, -0.05) is 41.0 Å². The smallest absolute Gasteiger partial charge is 0.320 e. The van der Waals surface area contributed by atoms with E-state index in [1.54, 1.807) is 20.8 Å². The first-order chi connectivity index (χ1) is 21.5. The van der Waals surface area contributed by atoms with Gasteiger partial charge in [0.2, 0.25) is 0 Å². The molecule has 0 aliphatic rings. The molecule has 1 aromatic rings. The topological polar surface area (TPSA) is 161 Å². The summed E-state index contributed by atoms with van der Waals surface area (Å²) in [5.41, 5.74) is -0.0159. The Morgan fingerprint density at radius 1 is 0.889 bits per heavy atom. The number of aromatic hydroxyl groups is 1. The minimum atomic E-state index is -0.910. The third kappa shape index (κ3) is 23.8. The number of halogens is 2. The Morgan fingerprint density at radius 2 is 1.38 bits per heavy atom. The van der Waals surface area contributed by atoms with Gasteiger partial charge in [0.05, 0.1) is 43.2 Å². The lowest BCUT2D eigenvalue weighted by molar-refractivity contribution is -0.384. The molecule has 0 heterocycles. The van der Waals surface area contributed by atoms with Crippen molar-refractivity contribution in [3.8, 4) is 5.75 Å². The molecule has 4 unspecified atom stereocenters. The van der Waals surface area contributed by atoms with Crippen LogP contribution in [0.4, 0.5) is 5.69 Å². The van der Waals surface area contributed by atoms with E-state index in [1.807, 2.05) is 13.8 Å². The molecule has 262 valence electrons. The number of non-ortho nitro benzene ring substituents is 1. The quantitative estimate of drug-likeness (QED) is 0.0205. The minimum absolute atomic E-state index is 0.0159. The molecule has 1 rings (SSSR count). The number of rotatable bonds is 19. The first-order valence-electron chi connectivity index (χ1n) is 14.7. The molecule has 0 fully saturated rings. The summed E-state index contributed by atoms with van der Waals surface area (Å²) >= 11 is 4.21. The molecule has 0 amide bonds. The number of hydrogen-bond donors (Lipinski definition) is 1. The van der Waals surface area contributed by atoms with E-state index in [0.29, 0.717) is 31.8 Å². The van der Waals surface area contributed by atoms with Crippen LogP contribution in [-0.2, 0) is 37.0 Å². The van der Waals surface area contributed by atoms with Gasteiger partial charge in [-0.3, -0.25) is 32.9 Å². The number of hydrogen-bond acceptors (Lipinski definition) is 13. The molecule has 45 heavy (non-hydrogen) atoms. The van der Waals surface area contributed by atoms with Crippen LogP contribution in [0.25, 0.3) is 0 Å². The molecule has 0 saturated heterocycles. The molecule has 4 atom stereocenters. The van der Waals surface area contributed by atoms with E-state index >= 15 is 0 Å². The lowest BCUT2D eigenvalue weighted by Gasteiger charge is -2.31. The van der Waals surface area contributed by atoms with Crippen LogP contribution in [0.15, 0.2) is 24.3 Å². The molecular formula is C29H49I2NO11S2. The molecular weight excluding hydrogens is 856 g/mol. The van der Waals surface area contributed by atoms with Crippen molar-refractivity contribution in [2.45, 2.75) is 93.3 Å². The van der Waals surface area contributed by atoms with Crippen LogP contribution in [0.2, 0.25) is 0 Å². The van der Waals surface area contributed by atoms with Crippen LogP contribution in [0.3, 0.4) is 0 Å². The number of ether oxygens (including phenoxy) is 3. The van der Waals surface area contributed by atoms with E-state index < -0.39 is 22.8 Å². The molecule has 1 aromatic carbocycles. The van der Waals surface area contributed by atoms with E-state index in [-0.39, 0.29) is 42.8 Å². The third-order valence-electron chi connectivity index (χ3n) is 6.10. The lowest BCUT2D eigenvalue weighted by atomic mass is 9.79. The van der Waals surface area contributed by atoms with E-state index in [0.717, 1.165) is 12.8 Å². The van der Waals surface area contributed by atoms with E-state index in [2.05, 4.69) is 67.9 Å². The van der Waals surface area contributed by atoms with Gasteiger partial charge in [0, 0.05) is 54.5 Å². The maximum absolute atomic E-state index is 12.4. The monoisotopic (exact) mass is 905 g/mol. The fourth-order valence-electron chi connectivity index (χ4n) is 3.65. The lowest BCUT2D eigenvalue weighted by Crippen LogP contribution is -2.35. The normalized spacial score (nSPS) is 12.7.